The Bertz CT molecular complexity index is 1270. The molecule has 0 bridgehead atoms. The van der Waals surface area contributed by atoms with Gasteiger partial charge in [0.05, 0.1) is 17.4 Å². The number of hydrogen-bond acceptors (Lipinski definition) is 8. The summed E-state index contributed by atoms with van der Waals surface area (Å²) >= 11 is 6.34. The van der Waals surface area contributed by atoms with Crippen LogP contribution in [0.15, 0.2) is 48.7 Å². The molecule has 4 rings (SSSR count). The fourth-order valence-electron chi connectivity index (χ4n) is 3.76. The fourth-order valence-corrected chi connectivity index (χ4v) is 3.90. The summed E-state index contributed by atoms with van der Waals surface area (Å²) in [4.78, 5) is 39.7. The molecule has 10 nitrogen and oxygen atoms in total. The first-order chi connectivity index (χ1) is 17.3. The third-order valence-corrected chi connectivity index (χ3v) is 5.97. The van der Waals surface area contributed by atoms with Crippen LogP contribution in [0.2, 0.25) is 5.02 Å². The van der Waals surface area contributed by atoms with Gasteiger partial charge in [0.1, 0.15) is 5.02 Å². The number of nitrogens with zero attached hydrogens (tertiary/aromatic N) is 4. The van der Waals surface area contributed by atoms with E-state index in [0.717, 1.165) is 24.1 Å². The van der Waals surface area contributed by atoms with E-state index in [-0.39, 0.29) is 12.0 Å². The third kappa shape index (κ3) is 6.02. The summed E-state index contributed by atoms with van der Waals surface area (Å²) in [7, 11) is 4.90. The molecule has 0 atom stereocenters. The number of halogens is 1. The summed E-state index contributed by atoms with van der Waals surface area (Å²) < 4.78 is 0. The van der Waals surface area contributed by atoms with Gasteiger partial charge in [0, 0.05) is 39.9 Å². The van der Waals surface area contributed by atoms with Crippen LogP contribution in [-0.4, -0.2) is 66.2 Å². The van der Waals surface area contributed by atoms with Crippen LogP contribution in [0.5, 0.6) is 0 Å². The van der Waals surface area contributed by atoms with Gasteiger partial charge in [-0.05, 0) is 48.2 Å². The number of carbonyl (C=O) groups is 2. The van der Waals surface area contributed by atoms with E-state index >= 15 is 0 Å². The highest BCUT2D eigenvalue weighted by Crippen LogP contribution is 2.28. The van der Waals surface area contributed by atoms with Crippen LogP contribution in [0.3, 0.4) is 0 Å². The summed E-state index contributed by atoms with van der Waals surface area (Å²) in [5.74, 6) is 0.509. The molecule has 0 radical (unpaired) electrons. The molecule has 0 aliphatic carbocycles. The molecule has 2 aromatic carbocycles. The highest BCUT2D eigenvalue weighted by Gasteiger charge is 2.19. The van der Waals surface area contributed by atoms with Crippen molar-refractivity contribution in [2.45, 2.75) is 12.8 Å². The Morgan fingerprint density at radius 2 is 1.81 bits per heavy atom. The van der Waals surface area contributed by atoms with E-state index in [1.54, 1.807) is 44.4 Å². The van der Waals surface area contributed by atoms with E-state index in [1.807, 2.05) is 12.1 Å². The number of amides is 2. The normalized spacial score (nSPS) is 13.2. The molecule has 3 aromatic rings. The average molecular weight is 510 g/mol. The average Bonchev–Trinajstić information content (AvgIpc) is 3.07. The number of rotatable bonds is 6. The van der Waals surface area contributed by atoms with Crippen LogP contribution in [0, 0.1) is 0 Å². The zero-order valence-corrected chi connectivity index (χ0v) is 21.1. The molecule has 0 unspecified atom stereocenters. The molecule has 2 heterocycles. The van der Waals surface area contributed by atoms with Crippen LogP contribution in [0.25, 0.3) is 0 Å². The zero-order chi connectivity index (χ0) is 25.7. The molecule has 0 fully saturated rings. The number of para-hydroxylation sites is 1. The lowest BCUT2D eigenvalue weighted by molar-refractivity contribution is -0.106. The lowest BCUT2D eigenvalue weighted by Crippen LogP contribution is -2.34. The summed E-state index contributed by atoms with van der Waals surface area (Å²) in [5.41, 5.74) is 4.24. The van der Waals surface area contributed by atoms with Crippen molar-refractivity contribution in [2.75, 3.05) is 44.9 Å². The van der Waals surface area contributed by atoms with Gasteiger partial charge in [-0.2, -0.15) is 4.98 Å². The summed E-state index contributed by atoms with van der Waals surface area (Å²) in [6.07, 6.45) is 2.62. The molecule has 1 aliphatic rings. The van der Waals surface area contributed by atoms with Gasteiger partial charge in [-0.15, -0.1) is 5.06 Å². The largest absolute Gasteiger partial charge is 0.428 e. The number of nitrogens with one attached hydrogen (secondary N) is 3. The van der Waals surface area contributed by atoms with E-state index in [0.29, 0.717) is 41.1 Å². The first-order valence-corrected chi connectivity index (χ1v) is 11.9. The third-order valence-electron chi connectivity index (χ3n) is 5.69. The molecule has 188 valence electrons. The van der Waals surface area contributed by atoms with E-state index in [2.05, 4.69) is 38.1 Å². The number of hydrogen-bond donors (Lipinski definition) is 3. The second-order valence-corrected chi connectivity index (χ2v) is 8.84. The minimum Gasteiger partial charge on any atom is -0.355 e. The van der Waals surface area contributed by atoms with Gasteiger partial charge in [-0.1, -0.05) is 29.8 Å². The molecular weight excluding hydrogens is 482 g/mol. The van der Waals surface area contributed by atoms with Crippen molar-refractivity contribution < 1.29 is 14.4 Å². The van der Waals surface area contributed by atoms with Crippen molar-refractivity contribution in [1.29, 1.82) is 0 Å². The highest BCUT2D eigenvalue weighted by atomic mass is 35.5. The van der Waals surface area contributed by atoms with E-state index in [9.17, 15) is 9.59 Å². The number of aromatic nitrogens is 2. The van der Waals surface area contributed by atoms with Crippen LogP contribution in [0.4, 0.5) is 27.9 Å². The van der Waals surface area contributed by atoms with Gasteiger partial charge in [-0.25, -0.2) is 9.78 Å². The molecule has 36 heavy (non-hydrogen) atoms. The number of anilines is 4. The van der Waals surface area contributed by atoms with Crippen molar-refractivity contribution in [3.8, 4) is 0 Å². The van der Waals surface area contributed by atoms with E-state index < -0.39 is 0 Å². The Labute approximate surface area is 214 Å². The Morgan fingerprint density at radius 1 is 1.06 bits per heavy atom. The molecule has 1 aliphatic heterocycles. The van der Waals surface area contributed by atoms with Crippen LogP contribution >= 0.6 is 11.6 Å². The SMILES string of the molecule is CNC(=O)c1ccccc1Nc1nc(Nc2ccc3c(c2)CCN(OC(=O)N(C)C)CC3)ncc1Cl. The number of fused-ring (bicyclic) bond motifs is 1. The highest BCUT2D eigenvalue weighted by molar-refractivity contribution is 6.33. The van der Waals surface area contributed by atoms with Crippen molar-refractivity contribution in [3.63, 3.8) is 0 Å². The number of carbonyl (C=O) groups excluding carboxylic acids is 2. The molecule has 3 N–H and O–H groups in total. The van der Waals surface area contributed by atoms with E-state index in [1.165, 1.54) is 16.7 Å². The van der Waals surface area contributed by atoms with Gasteiger partial charge in [-0.3, -0.25) is 4.79 Å². The van der Waals surface area contributed by atoms with Gasteiger partial charge in [0.25, 0.3) is 5.91 Å². The standard InChI is InChI=1S/C25H28ClN7O3/c1-27-23(34)19-6-4-5-7-21(19)30-22-20(26)15-28-24(31-22)29-18-9-8-16-10-12-33(13-11-17(16)14-18)36-25(35)32(2)3/h4-9,14-15H,10-13H2,1-3H3,(H,27,34)(H2,28,29,30,31). The molecule has 1 aromatic heterocycles. The lowest BCUT2D eigenvalue weighted by atomic mass is 10.0. The van der Waals surface area contributed by atoms with Gasteiger partial charge in [0.15, 0.2) is 5.82 Å². The maximum atomic E-state index is 12.2. The minimum atomic E-state index is -0.384. The molecule has 2 amide bonds. The Kier molecular flexibility index (Phi) is 7.87. The zero-order valence-electron chi connectivity index (χ0n) is 20.3. The molecule has 11 heteroatoms. The Hall–Kier alpha value is -3.89. The van der Waals surface area contributed by atoms with Crippen molar-refractivity contribution in [1.82, 2.24) is 25.2 Å². The quantitative estimate of drug-likeness (QED) is 0.457. The maximum Gasteiger partial charge on any atom is 0.428 e. The summed E-state index contributed by atoms with van der Waals surface area (Å²) in [6, 6.07) is 13.2. The Balaban J connectivity index is 1.48. The number of hydroxylamine groups is 2. The summed E-state index contributed by atoms with van der Waals surface area (Å²) in [6.45, 7) is 1.23. The van der Waals surface area contributed by atoms with Crippen molar-refractivity contribution in [3.05, 3.63) is 70.4 Å². The number of benzene rings is 2. The monoisotopic (exact) mass is 509 g/mol. The molecule has 0 spiro atoms. The summed E-state index contributed by atoms with van der Waals surface area (Å²) in [5, 5.41) is 11.0. The predicted octanol–water partition coefficient (Wildman–Crippen LogP) is 3.99. The van der Waals surface area contributed by atoms with Crippen LogP contribution in [-0.2, 0) is 17.7 Å². The smallest absolute Gasteiger partial charge is 0.355 e. The molecular formula is C25H28ClN7O3. The first kappa shape index (κ1) is 25.2. The lowest BCUT2D eigenvalue weighted by Gasteiger charge is -2.20. The van der Waals surface area contributed by atoms with Crippen molar-refractivity contribution >= 4 is 46.7 Å². The van der Waals surface area contributed by atoms with Gasteiger partial charge in [0.2, 0.25) is 5.95 Å². The fraction of sp³-hybridized carbons (Fsp3) is 0.280. The predicted molar refractivity (Wildman–Crippen MR) is 139 cm³/mol. The minimum absolute atomic E-state index is 0.221. The molecule has 0 saturated carbocycles. The van der Waals surface area contributed by atoms with Crippen molar-refractivity contribution in [2.24, 2.45) is 0 Å². The van der Waals surface area contributed by atoms with E-state index in [4.69, 9.17) is 16.4 Å². The van der Waals surface area contributed by atoms with Gasteiger partial charge >= 0.3 is 6.09 Å². The van der Waals surface area contributed by atoms with Crippen LogP contribution in [0.1, 0.15) is 21.5 Å². The Morgan fingerprint density at radius 3 is 2.56 bits per heavy atom. The van der Waals surface area contributed by atoms with Gasteiger partial charge < -0.3 is 25.7 Å². The molecule has 0 saturated heterocycles. The maximum absolute atomic E-state index is 12.2. The second kappa shape index (κ2) is 11.2. The topological polar surface area (TPSA) is 112 Å². The second-order valence-electron chi connectivity index (χ2n) is 8.43. The van der Waals surface area contributed by atoms with Crippen LogP contribution < -0.4 is 16.0 Å². The first-order valence-electron chi connectivity index (χ1n) is 11.5.